The molecule has 108 valence electrons. The third kappa shape index (κ3) is 3.56. The highest BCUT2D eigenvalue weighted by molar-refractivity contribution is 5.96. The smallest absolute Gasteiger partial charge is 0.326 e. The van der Waals surface area contributed by atoms with Crippen molar-refractivity contribution in [3.05, 3.63) is 60.9 Å². The van der Waals surface area contributed by atoms with Gasteiger partial charge in [0.1, 0.15) is 6.04 Å². The molecule has 0 spiro atoms. The van der Waals surface area contributed by atoms with Gasteiger partial charge in [-0.15, -0.1) is 6.58 Å². The molecule has 6 heteroatoms. The molecule has 0 saturated heterocycles. The average Bonchev–Trinajstić information content (AvgIpc) is 2.97. The van der Waals surface area contributed by atoms with Crippen LogP contribution in [0.25, 0.3) is 5.69 Å². The topological polar surface area (TPSA) is 84.2 Å². The Morgan fingerprint density at radius 3 is 2.71 bits per heavy atom. The number of aliphatic carboxylic acids is 1. The van der Waals surface area contributed by atoms with Crippen molar-refractivity contribution in [3.63, 3.8) is 0 Å². The third-order valence-corrected chi connectivity index (χ3v) is 2.87. The molecule has 1 aromatic heterocycles. The van der Waals surface area contributed by atoms with Crippen molar-refractivity contribution < 1.29 is 14.7 Å². The highest BCUT2D eigenvalue weighted by atomic mass is 16.4. The highest BCUT2D eigenvalue weighted by Gasteiger charge is 2.20. The molecule has 0 saturated carbocycles. The summed E-state index contributed by atoms with van der Waals surface area (Å²) in [5, 5.41) is 15.5. The second-order valence-corrected chi connectivity index (χ2v) is 4.40. The first-order valence-corrected chi connectivity index (χ1v) is 6.36. The Hall–Kier alpha value is -2.89. The lowest BCUT2D eigenvalue weighted by molar-refractivity contribution is -0.139. The standard InChI is InChI=1S/C15H15N3O3/c1-2-6-13(15(20)21)17-14(19)11-9-16-18(10-11)12-7-4-3-5-8-12/h2-5,7-10,13H,1,6H2,(H,17,19)(H,20,21). The van der Waals surface area contributed by atoms with E-state index < -0.39 is 17.9 Å². The molecule has 2 N–H and O–H groups in total. The van der Waals surface area contributed by atoms with Crippen molar-refractivity contribution in [1.29, 1.82) is 0 Å². The fourth-order valence-corrected chi connectivity index (χ4v) is 1.79. The number of nitrogens with one attached hydrogen (secondary N) is 1. The summed E-state index contributed by atoms with van der Waals surface area (Å²) in [6, 6.07) is 8.32. The van der Waals surface area contributed by atoms with E-state index in [1.165, 1.54) is 12.3 Å². The molecule has 6 nitrogen and oxygen atoms in total. The second-order valence-electron chi connectivity index (χ2n) is 4.40. The van der Waals surface area contributed by atoms with Gasteiger partial charge in [-0.05, 0) is 18.6 Å². The van der Waals surface area contributed by atoms with Crippen LogP contribution >= 0.6 is 0 Å². The summed E-state index contributed by atoms with van der Waals surface area (Å²) >= 11 is 0. The highest BCUT2D eigenvalue weighted by Crippen LogP contribution is 2.08. The molecular weight excluding hydrogens is 270 g/mol. The number of para-hydroxylation sites is 1. The largest absolute Gasteiger partial charge is 0.480 e. The fourth-order valence-electron chi connectivity index (χ4n) is 1.79. The lowest BCUT2D eigenvalue weighted by atomic mass is 10.2. The molecule has 1 atom stereocenters. The summed E-state index contributed by atoms with van der Waals surface area (Å²) in [6.45, 7) is 3.48. The van der Waals surface area contributed by atoms with E-state index in [-0.39, 0.29) is 6.42 Å². The summed E-state index contributed by atoms with van der Waals surface area (Å²) < 4.78 is 1.55. The number of hydrogen-bond donors (Lipinski definition) is 2. The Morgan fingerprint density at radius 1 is 1.38 bits per heavy atom. The van der Waals surface area contributed by atoms with E-state index in [2.05, 4.69) is 17.0 Å². The molecule has 21 heavy (non-hydrogen) atoms. The van der Waals surface area contributed by atoms with Crippen LogP contribution in [0.4, 0.5) is 0 Å². The number of carbonyl (C=O) groups excluding carboxylic acids is 1. The van der Waals surface area contributed by atoms with Gasteiger partial charge in [-0.2, -0.15) is 5.10 Å². The Labute approximate surface area is 121 Å². The maximum Gasteiger partial charge on any atom is 0.326 e. The molecular formula is C15H15N3O3. The number of amides is 1. The van der Waals surface area contributed by atoms with Crippen LogP contribution in [0, 0.1) is 0 Å². The maximum absolute atomic E-state index is 12.0. The van der Waals surface area contributed by atoms with Crippen LogP contribution in [0.15, 0.2) is 55.4 Å². The normalized spacial score (nSPS) is 11.6. The number of hydrogen-bond acceptors (Lipinski definition) is 3. The molecule has 0 aliphatic carbocycles. The van der Waals surface area contributed by atoms with Gasteiger partial charge < -0.3 is 10.4 Å². The van der Waals surface area contributed by atoms with Gasteiger partial charge in [0.2, 0.25) is 0 Å². The second kappa shape index (κ2) is 6.51. The minimum atomic E-state index is -1.10. The Morgan fingerprint density at radius 2 is 2.10 bits per heavy atom. The maximum atomic E-state index is 12.0. The van der Waals surface area contributed by atoms with Crippen molar-refractivity contribution in [2.24, 2.45) is 0 Å². The molecule has 0 radical (unpaired) electrons. The van der Waals surface area contributed by atoms with Gasteiger partial charge in [-0.3, -0.25) is 4.79 Å². The molecule has 0 aliphatic heterocycles. The molecule has 0 aliphatic rings. The molecule has 2 aromatic rings. The van der Waals surface area contributed by atoms with Gasteiger partial charge in [0.15, 0.2) is 0 Å². The van der Waals surface area contributed by atoms with E-state index >= 15 is 0 Å². The third-order valence-electron chi connectivity index (χ3n) is 2.87. The van der Waals surface area contributed by atoms with E-state index in [1.54, 1.807) is 10.9 Å². The van der Waals surface area contributed by atoms with Crippen molar-refractivity contribution >= 4 is 11.9 Å². The zero-order chi connectivity index (χ0) is 15.2. The van der Waals surface area contributed by atoms with Gasteiger partial charge >= 0.3 is 5.97 Å². The quantitative estimate of drug-likeness (QED) is 0.790. The Balaban J connectivity index is 2.12. The molecule has 1 unspecified atom stereocenters. The van der Waals surface area contributed by atoms with Crippen molar-refractivity contribution in [2.75, 3.05) is 0 Å². The minimum Gasteiger partial charge on any atom is -0.480 e. The van der Waals surface area contributed by atoms with Crippen LogP contribution in [0.3, 0.4) is 0 Å². The summed E-state index contributed by atoms with van der Waals surface area (Å²) in [4.78, 5) is 23.0. The van der Waals surface area contributed by atoms with Crippen molar-refractivity contribution in [1.82, 2.24) is 15.1 Å². The van der Waals surface area contributed by atoms with Crippen LogP contribution in [-0.2, 0) is 4.79 Å². The zero-order valence-electron chi connectivity index (χ0n) is 11.3. The fraction of sp³-hybridized carbons (Fsp3) is 0.133. The van der Waals surface area contributed by atoms with E-state index in [0.29, 0.717) is 5.56 Å². The molecule has 1 heterocycles. The molecule has 1 amide bonds. The predicted molar refractivity (Wildman–Crippen MR) is 77.3 cm³/mol. The first kappa shape index (κ1) is 14.5. The van der Waals surface area contributed by atoms with Crippen LogP contribution in [0.5, 0.6) is 0 Å². The monoisotopic (exact) mass is 285 g/mol. The van der Waals surface area contributed by atoms with Gasteiger partial charge in [0.05, 0.1) is 17.4 Å². The predicted octanol–water partition coefficient (Wildman–Crippen LogP) is 1.63. The summed E-state index contributed by atoms with van der Waals surface area (Å²) in [5.74, 6) is -1.58. The van der Waals surface area contributed by atoms with Gasteiger partial charge in [-0.25, -0.2) is 9.48 Å². The molecule has 0 fully saturated rings. The van der Waals surface area contributed by atoms with Crippen molar-refractivity contribution in [3.8, 4) is 5.69 Å². The van der Waals surface area contributed by atoms with E-state index in [4.69, 9.17) is 5.11 Å². The number of rotatable bonds is 6. The van der Waals surface area contributed by atoms with Crippen LogP contribution < -0.4 is 5.32 Å². The van der Waals surface area contributed by atoms with Gasteiger partial charge in [0, 0.05) is 6.20 Å². The van der Waals surface area contributed by atoms with E-state index in [1.807, 2.05) is 30.3 Å². The SMILES string of the molecule is C=CCC(NC(=O)c1cnn(-c2ccccc2)c1)C(=O)O. The van der Waals surface area contributed by atoms with E-state index in [9.17, 15) is 9.59 Å². The number of aromatic nitrogens is 2. The zero-order valence-corrected chi connectivity index (χ0v) is 11.3. The minimum absolute atomic E-state index is 0.161. The Kier molecular flexibility index (Phi) is 4.50. The lowest BCUT2D eigenvalue weighted by Gasteiger charge is -2.11. The van der Waals surface area contributed by atoms with Crippen LogP contribution in [0.2, 0.25) is 0 Å². The summed E-state index contributed by atoms with van der Waals surface area (Å²) in [5.41, 5.74) is 1.12. The number of nitrogens with zero attached hydrogens (tertiary/aromatic N) is 2. The first-order chi connectivity index (χ1) is 10.1. The number of carboxylic acids is 1. The van der Waals surface area contributed by atoms with E-state index in [0.717, 1.165) is 5.69 Å². The number of benzene rings is 1. The van der Waals surface area contributed by atoms with Gasteiger partial charge in [-0.1, -0.05) is 24.3 Å². The molecule has 0 bridgehead atoms. The summed E-state index contributed by atoms with van der Waals surface area (Å²) in [7, 11) is 0. The van der Waals surface area contributed by atoms with Crippen LogP contribution in [-0.4, -0.2) is 32.8 Å². The summed E-state index contributed by atoms with van der Waals surface area (Å²) in [6.07, 6.45) is 4.56. The van der Waals surface area contributed by atoms with Crippen LogP contribution in [0.1, 0.15) is 16.8 Å². The first-order valence-electron chi connectivity index (χ1n) is 6.36. The van der Waals surface area contributed by atoms with Crippen molar-refractivity contribution in [2.45, 2.75) is 12.5 Å². The Bertz CT molecular complexity index is 649. The molecule has 1 aromatic carbocycles. The number of carboxylic acid groups (broad SMARTS) is 1. The van der Waals surface area contributed by atoms with Gasteiger partial charge in [0.25, 0.3) is 5.91 Å². The number of carbonyl (C=O) groups is 2. The lowest BCUT2D eigenvalue weighted by Crippen LogP contribution is -2.40. The molecule has 2 rings (SSSR count). The average molecular weight is 285 g/mol.